The van der Waals surface area contributed by atoms with Crippen molar-refractivity contribution in [1.82, 2.24) is 14.8 Å². The Kier molecular flexibility index (Phi) is 2.86. The number of hydrogen-bond acceptors (Lipinski definition) is 4. The summed E-state index contributed by atoms with van der Waals surface area (Å²) in [6.07, 6.45) is 1.46. The van der Waals surface area contributed by atoms with E-state index in [-0.39, 0.29) is 5.82 Å². The molecule has 2 rings (SSSR count). The molecule has 0 bridgehead atoms. The monoisotopic (exact) mass is 233 g/mol. The molecule has 2 N–H and O–H groups in total. The van der Waals surface area contributed by atoms with Gasteiger partial charge in [-0.25, -0.2) is 9.67 Å². The van der Waals surface area contributed by atoms with Gasteiger partial charge >= 0.3 is 0 Å². The number of hydrogen-bond donors (Lipinski definition) is 1. The highest BCUT2D eigenvalue weighted by Crippen LogP contribution is 2.21. The topological polar surface area (TPSA) is 80.5 Å². The number of nitrogens with zero attached hydrogens (tertiary/aromatic N) is 4. The van der Waals surface area contributed by atoms with Gasteiger partial charge in [-0.05, 0) is 12.1 Å². The summed E-state index contributed by atoms with van der Waals surface area (Å²) >= 11 is 6.01. The van der Waals surface area contributed by atoms with Gasteiger partial charge in [0.2, 0.25) is 0 Å². The van der Waals surface area contributed by atoms with Crippen molar-refractivity contribution in [2.45, 2.75) is 6.54 Å². The van der Waals surface area contributed by atoms with Crippen LogP contribution in [0.25, 0.3) is 5.69 Å². The molecule has 0 atom stereocenters. The largest absolute Gasteiger partial charge is 0.326 e. The van der Waals surface area contributed by atoms with Crippen molar-refractivity contribution in [3.8, 4) is 11.8 Å². The first-order valence-electron chi connectivity index (χ1n) is 4.56. The second-order valence-electron chi connectivity index (χ2n) is 3.07. The molecule has 2 aromatic rings. The maximum atomic E-state index is 8.64. The highest BCUT2D eigenvalue weighted by molar-refractivity contribution is 6.31. The number of nitriles is 1. The fraction of sp³-hybridized carbons (Fsp3) is 0.100. The average molecular weight is 234 g/mol. The molecule has 0 saturated heterocycles. The van der Waals surface area contributed by atoms with Crippen molar-refractivity contribution in [3.63, 3.8) is 0 Å². The molecule has 0 spiro atoms. The van der Waals surface area contributed by atoms with Crippen LogP contribution < -0.4 is 5.73 Å². The summed E-state index contributed by atoms with van der Waals surface area (Å²) in [5.41, 5.74) is 7.13. The molecule has 0 aliphatic carbocycles. The number of rotatable bonds is 2. The van der Waals surface area contributed by atoms with Crippen molar-refractivity contribution in [2.75, 3.05) is 0 Å². The predicted molar refractivity (Wildman–Crippen MR) is 59.0 cm³/mol. The van der Waals surface area contributed by atoms with E-state index in [1.165, 1.54) is 11.0 Å². The van der Waals surface area contributed by atoms with Crippen LogP contribution in [0.1, 0.15) is 11.4 Å². The van der Waals surface area contributed by atoms with E-state index in [1.807, 2.05) is 12.1 Å². The van der Waals surface area contributed by atoms with E-state index in [1.54, 1.807) is 12.1 Å². The quantitative estimate of drug-likeness (QED) is 0.847. The summed E-state index contributed by atoms with van der Waals surface area (Å²) < 4.78 is 1.49. The minimum Gasteiger partial charge on any atom is -0.326 e. The first-order chi connectivity index (χ1) is 7.76. The number of nitrogens with two attached hydrogens (primary N) is 1. The summed E-state index contributed by atoms with van der Waals surface area (Å²) in [6, 6.07) is 7.24. The lowest BCUT2D eigenvalue weighted by Gasteiger charge is -2.08. The van der Waals surface area contributed by atoms with Gasteiger partial charge in [0, 0.05) is 17.1 Å². The zero-order chi connectivity index (χ0) is 11.5. The van der Waals surface area contributed by atoms with E-state index < -0.39 is 0 Å². The van der Waals surface area contributed by atoms with E-state index in [0.717, 1.165) is 11.3 Å². The predicted octanol–water partition coefficient (Wildman–Crippen LogP) is 1.25. The van der Waals surface area contributed by atoms with Crippen LogP contribution >= 0.6 is 11.6 Å². The van der Waals surface area contributed by atoms with Crippen LogP contribution in [0.3, 0.4) is 0 Å². The van der Waals surface area contributed by atoms with Gasteiger partial charge in [-0.2, -0.15) is 5.26 Å². The van der Waals surface area contributed by atoms with Gasteiger partial charge in [0.05, 0.1) is 5.69 Å². The molecule has 0 saturated carbocycles. The third-order valence-corrected chi connectivity index (χ3v) is 2.49. The third kappa shape index (κ3) is 1.76. The summed E-state index contributed by atoms with van der Waals surface area (Å²) in [5.74, 6) is 0.114. The smallest absolute Gasteiger partial charge is 0.252 e. The maximum Gasteiger partial charge on any atom is 0.252 e. The first-order valence-corrected chi connectivity index (χ1v) is 4.93. The minimum absolute atomic E-state index is 0.114. The van der Waals surface area contributed by atoms with Crippen LogP contribution in [0.15, 0.2) is 24.5 Å². The molecular weight excluding hydrogens is 226 g/mol. The SMILES string of the molecule is N#Cc1ncn(-c2cccc(Cl)c2CN)n1. The van der Waals surface area contributed by atoms with Gasteiger partial charge in [-0.15, -0.1) is 5.10 Å². The van der Waals surface area contributed by atoms with Gasteiger partial charge < -0.3 is 5.73 Å². The number of aromatic nitrogens is 3. The normalized spacial score (nSPS) is 10.1. The molecule has 0 amide bonds. The summed E-state index contributed by atoms with van der Waals surface area (Å²) in [6.45, 7) is 0.302. The molecule has 0 radical (unpaired) electrons. The fourth-order valence-corrected chi connectivity index (χ4v) is 1.64. The zero-order valence-corrected chi connectivity index (χ0v) is 9.02. The summed E-state index contributed by atoms with van der Waals surface area (Å²) in [7, 11) is 0. The number of halogens is 1. The molecule has 0 fully saturated rings. The molecule has 0 unspecified atom stereocenters. The Hall–Kier alpha value is -1.90. The van der Waals surface area contributed by atoms with Crippen molar-refractivity contribution in [3.05, 3.63) is 40.9 Å². The Morgan fingerprint density at radius 3 is 2.94 bits per heavy atom. The van der Waals surface area contributed by atoms with Crippen molar-refractivity contribution < 1.29 is 0 Å². The standard InChI is InChI=1S/C10H8ClN5/c11-8-2-1-3-9(7(8)4-12)16-6-14-10(5-13)15-16/h1-3,6H,4,12H2. The number of benzene rings is 1. The molecule has 1 aromatic carbocycles. The van der Waals surface area contributed by atoms with Gasteiger partial charge in [-0.1, -0.05) is 17.7 Å². The van der Waals surface area contributed by atoms with Crippen molar-refractivity contribution in [1.29, 1.82) is 5.26 Å². The molecular formula is C10H8ClN5. The third-order valence-electron chi connectivity index (χ3n) is 2.14. The molecule has 0 aliphatic heterocycles. The lowest BCUT2D eigenvalue weighted by molar-refractivity contribution is 0.852. The van der Waals surface area contributed by atoms with Crippen LogP contribution in [0.4, 0.5) is 0 Å². The molecule has 1 heterocycles. The van der Waals surface area contributed by atoms with E-state index in [4.69, 9.17) is 22.6 Å². The lowest BCUT2D eigenvalue weighted by atomic mass is 10.2. The second-order valence-corrected chi connectivity index (χ2v) is 3.47. The van der Waals surface area contributed by atoms with Crippen molar-refractivity contribution in [2.24, 2.45) is 5.73 Å². The zero-order valence-electron chi connectivity index (χ0n) is 8.26. The highest BCUT2D eigenvalue weighted by atomic mass is 35.5. The Labute approximate surface area is 97.1 Å². The Balaban J connectivity index is 2.56. The van der Waals surface area contributed by atoms with E-state index in [0.29, 0.717) is 11.6 Å². The second kappa shape index (κ2) is 4.31. The molecule has 16 heavy (non-hydrogen) atoms. The van der Waals surface area contributed by atoms with Gasteiger partial charge in [-0.3, -0.25) is 0 Å². The molecule has 1 aromatic heterocycles. The lowest BCUT2D eigenvalue weighted by Crippen LogP contribution is -2.05. The van der Waals surface area contributed by atoms with Crippen LogP contribution in [0.2, 0.25) is 5.02 Å². The Morgan fingerprint density at radius 1 is 1.50 bits per heavy atom. The average Bonchev–Trinajstić information content (AvgIpc) is 2.77. The summed E-state index contributed by atoms with van der Waals surface area (Å²) in [5, 5.41) is 13.2. The molecule has 5 nitrogen and oxygen atoms in total. The van der Waals surface area contributed by atoms with Gasteiger partial charge in [0.25, 0.3) is 5.82 Å². The maximum absolute atomic E-state index is 8.64. The first kappa shape index (κ1) is 10.6. The molecule has 80 valence electrons. The van der Waals surface area contributed by atoms with Crippen molar-refractivity contribution >= 4 is 11.6 Å². The van der Waals surface area contributed by atoms with Crippen LogP contribution in [-0.2, 0) is 6.54 Å². The summed E-state index contributed by atoms with van der Waals surface area (Å²) in [4.78, 5) is 3.82. The Morgan fingerprint density at radius 2 is 2.31 bits per heavy atom. The fourth-order valence-electron chi connectivity index (χ4n) is 1.39. The van der Waals surface area contributed by atoms with Crippen LogP contribution in [0, 0.1) is 11.3 Å². The minimum atomic E-state index is 0.114. The van der Waals surface area contributed by atoms with Crippen LogP contribution in [-0.4, -0.2) is 14.8 Å². The molecule has 6 heteroatoms. The highest BCUT2D eigenvalue weighted by Gasteiger charge is 2.09. The molecule has 0 aliphatic rings. The van der Waals surface area contributed by atoms with E-state index >= 15 is 0 Å². The van der Waals surface area contributed by atoms with E-state index in [2.05, 4.69) is 10.1 Å². The van der Waals surface area contributed by atoms with E-state index in [9.17, 15) is 0 Å². The van der Waals surface area contributed by atoms with Crippen LogP contribution in [0.5, 0.6) is 0 Å². The van der Waals surface area contributed by atoms with Gasteiger partial charge in [0.1, 0.15) is 12.4 Å². The van der Waals surface area contributed by atoms with Gasteiger partial charge in [0.15, 0.2) is 0 Å². The Bertz CT molecular complexity index is 555.